The van der Waals surface area contributed by atoms with Gasteiger partial charge in [-0.3, -0.25) is 9.59 Å². The van der Waals surface area contributed by atoms with Crippen molar-refractivity contribution in [3.05, 3.63) is 93.7 Å². The van der Waals surface area contributed by atoms with Crippen molar-refractivity contribution in [3.8, 4) is 11.5 Å². The number of hydrogen-bond acceptors (Lipinski definition) is 4. The first kappa shape index (κ1) is 21.4. The van der Waals surface area contributed by atoms with Gasteiger partial charge in [0.25, 0.3) is 5.91 Å². The number of H-pyrrole nitrogens is 1. The van der Waals surface area contributed by atoms with Crippen molar-refractivity contribution in [2.45, 2.75) is 18.3 Å². The molecule has 1 aliphatic rings. The Morgan fingerprint density at radius 1 is 1.12 bits per heavy atom. The number of rotatable bonds is 4. The molecule has 3 aromatic rings. The van der Waals surface area contributed by atoms with Crippen molar-refractivity contribution in [1.82, 2.24) is 10.3 Å². The highest BCUT2D eigenvalue weighted by atomic mass is 19.4. The fourth-order valence-electron chi connectivity index (χ4n) is 3.69. The molecule has 166 valence electrons. The summed E-state index contributed by atoms with van der Waals surface area (Å²) < 4.78 is 61.6. The lowest BCUT2D eigenvalue weighted by molar-refractivity contribution is -0.275. The molecule has 0 bridgehead atoms. The molecule has 1 atom stereocenters. The molecule has 0 spiro atoms. The predicted molar refractivity (Wildman–Crippen MR) is 105 cm³/mol. The Hall–Kier alpha value is -3.82. The molecule has 2 aromatic carbocycles. The first-order chi connectivity index (χ1) is 15.2. The molecular formula is C22H16F4N2O4. The molecule has 0 radical (unpaired) electrons. The van der Waals surface area contributed by atoms with Crippen LogP contribution >= 0.6 is 0 Å². The van der Waals surface area contributed by atoms with E-state index in [9.17, 15) is 27.2 Å². The molecule has 1 amide bonds. The summed E-state index contributed by atoms with van der Waals surface area (Å²) in [6.07, 6.45) is -3.64. The van der Waals surface area contributed by atoms with E-state index < -0.39 is 34.9 Å². The maximum absolute atomic E-state index is 14.6. The van der Waals surface area contributed by atoms with Gasteiger partial charge in [0.2, 0.25) is 5.56 Å². The number of aromatic amines is 1. The molecule has 1 aliphatic heterocycles. The van der Waals surface area contributed by atoms with Crippen molar-refractivity contribution in [2.75, 3.05) is 6.61 Å². The summed E-state index contributed by atoms with van der Waals surface area (Å²) in [5.74, 6) is -2.35. The van der Waals surface area contributed by atoms with Crippen LogP contribution in [0.2, 0.25) is 0 Å². The van der Waals surface area contributed by atoms with Crippen LogP contribution < -0.4 is 20.3 Å². The lowest BCUT2D eigenvalue weighted by Crippen LogP contribution is -2.49. The van der Waals surface area contributed by atoms with Crippen molar-refractivity contribution >= 4 is 5.91 Å². The van der Waals surface area contributed by atoms with Crippen LogP contribution in [0.3, 0.4) is 0 Å². The van der Waals surface area contributed by atoms with Gasteiger partial charge in [0.1, 0.15) is 5.75 Å². The Kier molecular flexibility index (Phi) is 5.37. The number of carbonyl (C=O) groups is 1. The first-order valence-electron chi connectivity index (χ1n) is 9.47. The number of aromatic nitrogens is 1. The molecule has 4 rings (SSSR count). The van der Waals surface area contributed by atoms with E-state index in [1.54, 1.807) is 24.3 Å². The number of carbonyl (C=O) groups excluding carboxylic acids is 1. The molecule has 1 aromatic heterocycles. The normalized spacial score (nSPS) is 17.8. The smallest absolute Gasteiger partial charge is 0.493 e. The summed E-state index contributed by atoms with van der Waals surface area (Å²) in [4.78, 5) is 26.7. The van der Waals surface area contributed by atoms with Gasteiger partial charge in [0.15, 0.2) is 11.6 Å². The first-order valence-corrected chi connectivity index (χ1v) is 9.47. The van der Waals surface area contributed by atoms with Crippen molar-refractivity contribution < 1.29 is 31.8 Å². The Balaban J connectivity index is 1.81. The second-order valence-electron chi connectivity index (χ2n) is 7.09. The number of hydrogen-bond donors (Lipinski definition) is 2. The third-order valence-electron chi connectivity index (χ3n) is 5.11. The Labute approximate surface area is 178 Å². The average molecular weight is 448 g/mol. The zero-order valence-corrected chi connectivity index (χ0v) is 16.3. The number of halogens is 4. The number of amides is 1. The van der Waals surface area contributed by atoms with E-state index in [-0.39, 0.29) is 24.2 Å². The number of para-hydroxylation sites is 1. The third-order valence-corrected chi connectivity index (χ3v) is 5.11. The predicted octanol–water partition coefficient (Wildman–Crippen LogP) is 3.87. The van der Waals surface area contributed by atoms with E-state index in [4.69, 9.17) is 4.74 Å². The van der Waals surface area contributed by atoms with Crippen LogP contribution in [-0.4, -0.2) is 23.9 Å². The van der Waals surface area contributed by atoms with Gasteiger partial charge in [0, 0.05) is 24.2 Å². The molecule has 6 nitrogen and oxygen atoms in total. The molecule has 0 unspecified atom stereocenters. The molecule has 0 aliphatic carbocycles. The number of pyridine rings is 1. The van der Waals surface area contributed by atoms with Crippen molar-refractivity contribution in [3.63, 3.8) is 0 Å². The van der Waals surface area contributed by atoms with E-state index >= 15 is 0 Å². The fourth-order valence-corrected chi connectivity index (χ4v) is 3.69. The Morgan fingerprint density at radius 3 is 2.59 bits per heavy atom. The van der Waals surface area contributed by atoms with Gasteiger partial charge < -0.3 is 19.8 Å². The van der Waals surface area contributed by atoms with Crippen LogP contribution in [0, 0.1) is 5.82 Å². The molecule has 2 heterocycles. The molecule has 0 fully saturated rings. The molecule has 32 heavy (non-hydrogen) atoms. The highest BCUT2D eigenvalue weighted by molar-refractivity contribution is 5.95. The zero-order chi connectivity index (χ0) is 22.9. The zero-order valence-electron chi connectivity index (χ0n) is 16.3. The molecule has 0 saturated heterocycles. The lowest BCUT2D eigenvalue weighted by atomic mass is 9.78. The number of alkyl halides is 3. The van der Waals surface area contributed by atoms with Crippen LogP contribution in [0.5, 0.6) is 11.5 Å². The number of fused-ring (bicyclic) bond motifs is 1. The average Bonchev–Trinajstić information content (AvgIpc) is 2.75. The van der Waals surface area contributed by atoms with Crippen molar-refractivity contribution in [2.24, 2.45) is 0 Å². The van der Waals surface area contributed by atoms with E-state index in [1.807, 2.05) is 0 Å². The van der Waals surface area contributed by atoms with E-state index in [2.05, 4.69) is 15.0 Å². The van der Waals surface area contributed by atoms with Gasteiger partial charge in [0.05, 0.1) is 17.7 Å². The van der Waals surface area contributed by atoms with Crippen LogP contribution in [-0.2, 0) is 5.54 Å². The minimum Gasteiger partial charge on any atom is -0.493 e. The van der Waals surface area contributed by atoms with E-state index in [0.29, 0.717) is 11.3 Å². The third kappa shape index (κ3) is 4.16. The fraction of sp³-hybridized carbons (Fsp3) is 0.182. The van der Waals surface area contributed by atoms with Gasteiger partial charge >= 0.3 is 6.36 Å². The van der Waals surface area contributed by atoms with Gasteiger partial charge in [-0.15, -0.1) is 13.2 Å². The number of benzene rings is 2. The molecule has 10 heteroatoms. The quantitative estimate of drug-likeness (QED) is 0.594. The maximum atomic E-state index is 14.6. The van der Waals surface area contributed by atoms with E-state index in [1.165, 1.54) is 24.4 Å². The Morgan fingerprint density at radius 2 is 1.91 bits per heavy atom. The van der Waals surface area contributed by atoms with Gasteiger partial charge in [-0.2, -0.15) is 0 Å². The summed E-state index contributed by atoms with van der Waals surface area (Å²) in [6, 6.07) is 12.3. The lowest BCUT2D eigenvalue weighted by Gasteiger charge is -2.40. The Bertz CT molecular complexity index is 1200. The summed E-state index contributed by atoms with van der Waals surface area (Å²) >= 11 is 0. The standard InChI is InChI=1S/C22H16F4N2O4/c23-16-11-14(6-7-18(16)32-22(24,25)26)21(9-10-31-17-4-2-1-3-15(17)21)28-20(30)13-5-8-19(29)27-12-13/h1-8,11-12H,9-10H2,(H,27,29)(H,28,30)/t21-/m0/s1. The molecule has 2 N–H and O–H groups in total. The van der Waals surface area contributed by atoms with Crippen LogP contribution in [0.4, 0.5) is 17.6 Å². The van der Waals surface area contributed by atoms with Gasteiger partial charge in [-0.25, -0.2) is 4.39 Å². The number of ether oxygens (including phenoxy) is 2. The van der Waals surface area contributed by atoms with Crippen LogP contribution in [0.15, 0.2) is 65.6 Å². The highest BCUT2D eigenvalue weighted by Crippen LogP contribution is 2.43. The topological polar surface area (TPSA) is 80.4 Å². The SMILES string of the molecule is O=C(N[C@]1(c2ccc(OC(F)(F)F)c(F)c2)CCOc2ccccc21)c1ccc(=O)[nH]c1. The molecular weight excluding hydrogens is 432 g/mol. The highest BCUT2D eigenvalue weighted by Gasteiger charge is 2.42. The summed E-state index contributed by atoms with van der Waals surface area (Å²) in [6.45, 7) is 0.158. The minimum absolute atomic E-state index is 0.144. The van der Waals surface area contributed by atoms with Crippen LogP contribution in [0.1, 0.15) is 27.9 Å². The van der Waals surface area contributed by atoms with Crippen LogP contribution in [0.25, 0.3) is 0 Å². The molecule has 0 saturated carbocycles. The second-order valence-corrected chi connectivity index (χ2v) is 7.09. The van der Waals surface area contributed by atoms with Crippen molar-refractivity contribution in [1.29, 1.82) is 0 Å². The van der Waals surface area contributed by atoms with Gasteiger partial charge in [-0.05, 0) is 29.8 Å². The summed E-state index contributed by atoms with van der Waals surface area (Å²) in [7, 11) is 0. The number of nitrogens with one attached hydrogen (secondary N) is 2. The second kappa shape index (κ2) is 8.03. The minimum atomic E-state index is -5.05. The summed E-state index contributed by atoms with van der Waals surface area (Å²) in [5, 5.41) is 2.86. The largest absolute Gasteiger partial charge is 0.573 e. The monoisotopic (exact) mass is 448 g/mol. The maximum Gasteiger partial charge on any atom is 0.573 e. The van der Waals surface area contributed by atoms with E-state index in [0.717, 1.165) is 12.1 Å². The van der Waals surface area contributed by atoms with Gasteiger partial charge in [-0.1, -0.05) is 24.3 Å². The summed E-state index contributed by atoms with van der Waals surface area (Å²) in [5.41, 5.74) is -0.842.